The number of nitrogens with one attached hydrogen (secondary N) is 1. The van der Waals surface area contributed by atoms with Gasteiger partial charge in [-0.2, -0.15) is 0 Å². The first-order valence-corrected chi connectivity index (χ1v) is 10.7. The van der Waals surface area contributed by atoms with Crippen molar-refractivity contribution in [2.45, 2.75) is 0 Å². The van der Waals surface area contributed by atoms with Gasteiger partial charge in [0, 0.05) is 7.05 Å². The molecule has 0 unspecified atom stereocenters. The van der Waals surface area contributed by atoms with Crippen LogP contribution in [0, 0.1) is 0 Å². The van der Waals surface area contributed by atoms with E-state index in [-0.39, 0.29) is 38.6 Å². The SMILES string of the molecule is COc1ccccc1NC(=O)C(=Nc1cc(Cl)c(O)c(Cl)c1)c1nc2ccccc2c(=O)n1C. The molecule has 0 saturated carbocycles. The molecule has 0 aliphatic rings. The highest BCUT2D eigenvalue weighted by atomic mass is 35.5. The second-order valence-electron chi connectivity index (χ2n) is 7.19. The van der Waals surface area contributed by atoms with Gasteiger partial charge in [0.2, 0.25) is 0 Å². The number of aromatic nitrogens is 2. The van der Waals surface area contributed by atoms with Crippen LogP contribution in [0.3, 0.4) is 0 Å². The maximum Gasteiger partial charge on any atom is 0.278 e. The molecule has 3 aromatic carbocycles. The quantitative estimate of drug-likeness (QED) is 0.389. The average Bonchev–Trinajstić information content (AvgIpc) is 2.83. The largest absolute Gasteiger partial charge is 0.505 e. The van der Waals surface area contributed by atoms with Gasteiger partial charge in [-0.15, -0.1) is 0 Å². The molecule has 10 heteroatoms. The summed E-state index contributed by atoms with van der Waals surface area (Å²) in [6.07, 6.45) is 0. The smallest absolute Gasteiger partial charge is 0.278 e. The molecule has 2 N–H and O–H groups in total. The first-order chi connectivity index (χ1) is 16.3. The van der Waals surface area contributed by atoms with Crippen molar-refractivity contribution in [1.82, 2.24) is 9.55 Å². The molecule has 0 radical (unpaired) electrons. The lowest BCUT2D eigenvalue weighted by Gasteiger charge is -2.14. The fourth-order valence-electron chi connectivity index (χ4n) is 3.31. The summed E-state index contributed by atoms with van der Waals surface area (Å²) in [6, 6.07) is 16.3. The number of amides is 1. The fourth-order valence-corrected chi connectivity index (χ4v) is 3.78. The number of ether oxygens (including phenoxy) is 1. The van der Waals surface area contributed by atoms with Crippen molar-refractivity contribution in [1.29, 1.82) is 0 Å². The number of aromatic hydroxyl groups is 1. The standard InChI is InChI=1S/C24H18Cl2N4O4/c1-30-22(28-17-8-4-3-7-14(17)24(30)33)20(27-13-11-15(25)21(31)16(26)12-13)23(32)29-18-9-5-6-10-19(18)34-2/h3-12,31H,1-2H3,(H,29,32). The minimum Gasteiger partial charge on any atom is -0.505 e. The van der Waals surface area contributed by atoms with Crippen LogP contribution >= 0.6 is 23.2 Å². The van der Waals surface area contributed by atoms with Crippen LogP contribution in [0.2, 0.25) is 10.0 Å². The molecule has 0 atom stereocenters. The van der Waals surface area contributed by atoms with Gasteiger partial charge in [-0.25, -0.2) is 9.98 Å². The monoisotopic (exact) mass is 496 g/mol. The number of phenolic OH excluding ortho intramolecular Hbond substituents is 1. The molecular weight excluding hydrogens is 479 g/mol. The molecule has 172 valence electrons. The van der Waals surface area contributed by atoms with Gasteiger partial charge >= 0.3 is 0 Å². The molecule has 1 amide bonds. The number of halogens is 2. The summed E-state index contributed by atoms with van der Waals surface area (Å²) >= 11 is 12.1. The molecule has 4 rings (SSSR count). The van der Waals surface area contributed by atoms with Crippen molar-refractivity contribution < 1.29 is 14.6 Å². The Balaban J connectivity index is 1.92. The van der Waals surface area contributed by atoms with Crippen LogP contribution < -0.4 is 15.6 Å². The topological polar surface area (TPSA) is 106 Å². The Bertz CT molecular complexity index is 1490. The molecule has 0 saturated heterocycles. The van der Waals surface area contributed by atoms with E-state index >= 15 is 0 Å². The van der Waals surface area contributed by atoms with E-state index in [4.69, 9.17) is 27.9 Å². The Morgan fingerprint density at radius 1 is 1.09 bits per heavy atom. The van der Waals surface area contributed by atoms with Crippen LogP contribution in [0.25, 0.3) is 10.9 Å². The highest BCUT2D eigenvalue weighted by Crippen LogP contribution is 2.36. The zero-order valence-electron chi connectivity index (χ0n) is 18.0. The van der Waals surface area contributed by atoms with Gasteiger partial charge in [-0.1, -0.05) is 47.5 Å². The zero-order chi connectivity index (χ0) is 24.4. The Morgan fingerprint density at radius 3 is 2.44 bits per heavy atom. The third-order valence-corrected chi connectivity index (χ3v) is 5.58. The van der Waals surface area contributed by atoms with Gasteiger partial charge < -0.3 is 15.2 Å². The van der Waals surface area contributed by atoms with Gasteiger partial charge in [0.1, 0.15) is 5.75 Å². The molecule has 0 aliphatic carbocycles. The molecule has 0 aliphatic heterocycles. The number of hydrogen-bond donors (Lipinski definition) is 2. The number of phenols is 1. The molecule has 4 aromatic rings. The van der Waals surface area contributed by atoms with Gasteiger partial charge in [0.05, 0.1) is 39.4 Å². The van der Waals surface area contributed by atoms with E-state index in [0.717, 1.165) is 0 Å². The number of fused-ring (bicyclic) bond motifs is 1. The number of aliphatic imine (C=N–C) groups is 1. The number of methoxy groups -OCH3 is 1. The van der Waals surface area contributed by atoms with E-state index in [0.29, 0.717) is 22.3 Å². The normalized spacial score (nSPS) is 11.5. The zero-order valence-corrected chi connectivity index (χ0v) is 19.6. The number of nitrogens with zero attached hydrogens (tertiary/aromatic N) is 3. The third kappa shape index (κ3) is 4.46. The summed E-state index contributed by atoms with van der Waals surface area (Å²) in [5.41, 5.74) is 0.463. The van der Waals surface area contributed by atoms with Crippen LogP contribution in [-0.2, 0) is 11.8 Å². The molecule has 0 spiro atoms. The van der Waals surface area contributed by atoms with Crippen molar-refractivity contribution in [3.63, 3.8) is 0 Å². The number of benzene rings is 3. The summed E-state index contributed by atoms with van der Waals surface area (Å²) < 4.78 is 6.55. The second-order valence-corrected chi connectivity index (χ2v) is 8.00. The van der Waals surface area contributed by atoms with E-state index in [2.05, 4.69) is 15.3 Å². The minimum atomic E-state index is -0.650. The van der Waals surface area contributed by atoms with Crippen molar-refractivity contribution in [3.05, 3.63) is 86.9 Å². The predicted molar refractivity (Wildman–Crippen MR) is 133 cm³/mol. The number of anilines is 1. The van der Waals surface area contributed by atoms with Crippen LogP contribution in [0.4, 0.5) is 11.4 Å². The number of carbonyl (C=O) groups excluding carboxylic acids is 1. The molecule has 8 nitrogen and oxygen atoms in total. The molecule has 0 bridgehead atoms. The summed E-state index contributed by atoms with van der Waals surface area (Å²) in [7, 11) is 2.98. The van der Waals surface area contributed by atoms with Crippen LogP contribution in [0.1, 0.15) is 5.82 Å². The lowest BCUT2D eigenvalue weighted by Crippen LogP contribution is -2.32. The van der Waals surface area contributed by atoms with E-state index in [1.54, 1.807) is 48.5 Å². The molecule has 34 heavy (non-hydrogen) atoms. The Labute approximate surface area is 204 Å². The number of para-hydroxylation sites is 3. The van der Waals surface area contributed by atoms with E-state index in [1.807, 2.05) is 0 Å². The second kappa shape index (κ2) is 9.54. The summed E-state index contributed by atoms with van der Waals surface area (Å²) in [4.78, 5) is 35.4. The van der Waals surface area contributed by atoms with Crippen LogP contribution in [0.15, 0.2) is 70.5 Å². The van der Waals surface area contributed by atoms with Gasteiger partial charge in [-0.05, 0) is 36.4 Å². The highest BCUT2D eigenvalue weighted by molar-refractivity contribution is 6.48. The summed E-state index contributed by atoms with van der Waals surface area (Å²) in [5.74, 6) is -0.496. The predicted octanol–water partition coefficient (Wildman–Crippen LogP) is 4.71. The van der Waals surface area contributed by atoms with Crippen molar-refractivity contribution >= 4 is 57.1 Å². The van der Waals surface area contributed by atoms with Crippen molar-refractivity contribution in [2.75, 3.05) is 12.4 Å². The average molecular weight is 497 g/mol. The van der Waals surface area contributed by atoms with Crippen LogP contribution in [0.5, 0.6) is 11.5 Å². The van der Waals surface area contributed by atoms with Crippen LogP contribution in [-0.4, -0.2) is 33.4 Å². The van der Waals surface area contributed by atoms with Gasteiger partial charge in [0.25, 0.3) is 11.5 Å². The highest BCUT2D eigenvalue weighted by Gasteiger charge is 2.22. The molecule has 1 heterocycles. The lowest BCUT2D eigenvalue weighted by molar-refractivity contribution is -0.110. The molecule has 1 aromatic heterocycles. The van der Waals surface area contributed by atoms with E-state index in [9.17, 15) is 14.7 Å². The fraction of sp³-hybridized carbons (Fsp3) is 0.0833. The number of carbonyl (C=O) groups is 1. The first kappa shape index (κ1) is 23.3. The number of rotatable bonds is 5. The Morgan fingerprint density at radius 2 is 1.74 bits per heavy atom. The maximum absolute atomic E-state index is 13.5. The molecular formula is C24H18Cl2N4O4. The Hall–Kier alpha value is -3.88. The van der Waals surface area contributed by atoms with E-state index < -0.39 is 5.91 Å². The molecule has 0 fully saturated rings. The summed E-state index contributed by atoms with van der Waals surface area (Å²) in [6.45, 7) is 0. The Kier molecular flexibility index (Phi) is 6.54. The lowest BCUT2D eigenvalue weighted by atomic mass is 10.2. The first-order valence-electron chi connectivity index (χ1n) is 9.97. The van der Waals surface area contributed by atoms with E-state index in [1.165, 1.54) is 30.9 Å². The van der Waals surface area contributed by atoms with Gasteiger partial charge in [0.15, 0.2) is 17.3 Å². The number of hydrogen-bond acceptors (Lipinski definition) is 6. The summed E-state index contributed by atoms with van der Waals surface area (Å²) in [5, 5.41) is 12.9. The van der Waals surface area contributed by atoms with Crippen molar-refractivity contribution in [2.24, 2.45) is 12.0 Å². The minimum absolute atomic E-state index is 0.0245. The van der Waals surface area contributed by atoms with Gasteiger partial charge in [-0.3, -0.25) is 14.2 Å². The van der Waals surface area contributed by atoms with Crippen molar-refractivity contribution in [3.8, 4) is 11.5 Å². The maximum atomic E-state index is 13.5. The third-order valence-electron chi connectivity index (χ3n) is 5.01.